The van der Waals surface area contributed by atoms with Crippen LogP contribution >= 0.6 is 0 Å². The van der Waals surface area contributed by atoms with E-state index in [4.69, 9.17) is 0 Å². The molecule has 1 aliphatic heterocycles. The van der Waals surface area contributed by atoms with Crippen molar-refractivity contribution >= 4 is 11.8 Å². The first-order valence-corrected chi connectivity index (χ1v) is 8.75. The summed E-state index contributed by atoms with van der Waals surface area (Å²) in [4.78, 5) is 28.3. The standard InChI is InChI=1S/C19H24N2O2/c1-18(15-9-10-15)16(22)20-19(11-5-6-12-19)17(23)21(18)13-14-7-3-2-4-8-14/h2-4,7-8,15H,5-6,9-13H2,1H3,(H,20,22). The Morgan fingerprint density at radius 2 is 1.78 bits per heavy atom. The summed E-state index contributed by atoms with van der Waals surface area (Å²) in [6.45, 7) is 2.49. The van der Waals surface area contributed by atoms with E-state index in [-0.39, 0.29) is 11.8 Å². The number of hydrogen-bond acceptors (Lipinski definition) is 2. The van der Waals surface area contributed by atoms with Crippen LogP contribution in [0.25, 0.3) is 0 Å². The number of nitrogens with zero attached hydrogens (tertiary/aromatic N) is 1. The molecule has 1 N–H and O–H groups in total. The van der Waals surface area contributed by atoms with E-state index < -0.39 is 11.1 Å². The van der Waals surface area contributed by atoms with Gasteiger partial charge in [-0.25, -0.2) is 0 Å². The highest BCUT2D eigenvalue weighted by atomic mass is 16.2. The first-order chi connectivity index (χ1) is 11.1. The lowest BCUT2D eigenvalue weighted by Crippen LogP contribution is -2.74. The van der Waals surface area contributed by atoms with E-state index in [1.54, 1.807) is 0 Å². The van der Waals surface area contributed by atoms with Crippen molar-refractivity contribution in [2.45, 2.75) is 63.1 Å². The minimum Gasteiger partial charge on any atom is -0.340 e. The van der Waals surface area contributed by atoms with Crippen LogP contribution in [0.4, 0.5) is 0 Å². The maximum atomic E-state index is 13.4. The monoisotopic (exact) mass is 312 g/mol. The molecule has 1 unspecified atom stereocenters. The van der Waals surface area contributed by atoms with Crippen LogP contribution in [-0.2, 0) is 16.1 Å². The zero-order chi connectivity index (χ0) is 16.1. The first kappa shape index (κ1) is 14.7. The van der Waals surface area contributed by atoms with E-state index in [1.807, 2.05) is 42.2 Å². The normalized spacial score (nSPS) is 29.9. The van der Waals surface area contributed by atoms with Gasteiger partial charge in [-0.15, -0.1) is 0 Å². The molecule has 2 saturated carbocycles. The number of amides is 2. The molecule has 122 valence electrons. The number of hydrogen-bond donors (Lipinski definition) is 1. The van der Waals surface area contributed by atoms with Crippen molar-refractivity contribution in [1.29, 1.82) is 0 Å². The smallest absolute Gasteiger partial charge is 0.249 e. The molecule has 1 atom stereocenters. The lowest BCUT2D eigenvalue weighted by atomic mass is 9.82. The van der Waals surface area contributed by atoms with Crippen molar-refractivity contribution in [3.63, 3.8) is 0 Å². The summed E-state index contributed by atoms with van der Waals surface area (Å²) in [5.41, 5.74) is -0.239. The van der Waals surface area contributed by atoms with Crippen molar-refractivity contribution in [3.8, 4) is 0 Å². The molecule has 4 heteroatoms. The summed E-state index contributed by atoms with van der Waals surface area (Å²) in [7, 11) is 0. The van der Waals surface area contributed by atoms with Crippen LogP contribution in [-0.4, -0.2) is 27.8 Å². The summed E-state index contributed by atoms with van der Waals surface area (Å²) in [5.74, 6) is 0.485. The van der Waals surface area contributed by atoms with Gasteiger partial charge in [0.2, 0.25) is 11.8 Å². The summed E-state index contributed by atoms with van der Waals surface area (Å²) in [5, 5.41) is 3.14. The molecule has 2 amide bonds. The van der Waals surface area contributed by atoms with Gasteiger partial charge in [0.25, 0.3) is 0 Å². The summed E-state index contributed by atoms with van der Waals surface area (Å²) in [6.07, 6.45) is 5.68. The molecule has 2 aliphatic carbocycles. The minimum atomic E-state index is -0.694. The molecule has 3 aliphatic rings. The molecule has 1 saturated heterocycles. The maximum Gasteiger partial charge on any atom is 0.249 e. The molecule has 1 spiro atoms. The summed E-state index contributed by atoms with van der Waals surface area (Å²) in [6, 6.07) is 10.0. The Hall–Kier alpha value is -1.84. The number of piperazine rings is 1. The first-order valence-electron chi connectivity index (χ1n) is 8.75. The molecule has 0 aromatic heterocycles. The molecule has 4 rings (SSSR count). The van der Waals surface area contributed by atoms with E-state index >= 15 is 0 Å². The van der Waals surface area contributed by atoms with Crippen LogP contribution < -0.4 is 5.32 Å². The van der Waals surface area contributed by atoms with Crippen molar-refractivity contribution in [1.82, 2.24) is 10.2 Å². The Labute approximate surface area is 137 Å². The van der Waals surface area contributed by atoms with Gasteiger partial charge in [0, 0.05) is 6.54 Å². The SMILES string of the molecule is CC1(C2CC2)C(=O)NC2(CCCC2)C(=O)N1Cc1ccccc1. The second-order valence-corrected chi connectivity index (χ2v) is 7.54. The predicted molar refractivity (Wildman–Crippen MR) is 87.5 cm³/mol. The van der Waals surface area contributed by atoms with Gasteiger partial charge in [-0.3, -0.25) is 9.59 Å². The van der Waals surface area contributed by atoms with Gasteiger partial charge in [-0.1, -0.05) is 43.2 Å². The van der Waals surface area contributed by atoms with Gasteiger partial charge >= 0.3 is 0 Å². The molecular formula is C19H24N2O2. The topological polar surface area (TPSA) is 49.4 Å². The third-order valence-electron chi connectivity index (χ3n) is 6.04. The predicted octanol–water partition coefficient (Wildman–Crippen LogP) is 2.63. The largest absolute Gasteiger partial charge is 0.340 e. The quantitative estimate of drug-likeness (QED) is 0.933. The second kappa shape index (κ2) is 5.08. The van der Waals surface area contributed by atoms with E-state index in [0.717, 1.165) is 44.1 Å². The van der Waals surface area contributed by atoms with E-state index in [1.165, 1.54) is 0 Å². The number of carbonyl (C=O) groups excluding carboxylic acids is 2. The highest BCUT2D eigenvalue weighted by molar-refractivity contribution is 6.02. The molecule has 1 heterocycles. The zero-order valence-electron chi connectivity index (χ0n) is 13.7. The fraction of sp³-hybridized carbons (Fsp3) is 0.579. The Morgan fingerprint density at radius 3 is 2.39 bits per heavy atom. The minimum absolute atomic E-state index is 0.0532. The molecule has 0 radical (unpaired) electrons. The van der Waals surface area contributed by atoms with Gasteiger partial charge in [-0.2, -0.15) is 0 Å². The van der Waals surface area contributed by atoms with Crippen molar-refractivity contribution in [3.05, 3.63) is 35.9 Å². The summed E-state index contributed by atoms with van der Waals surface area (Å²) >= 11 is 0. The Kier molecular flexibility index (Phi) is 3.26. The third kappa shape index (κ3) is 2.19. The highest BCUT2D eigenvalue weighted by Crippen LogP contribution is 2.48. The van der Waals surface area contributed by atoms with Crippen LogP contribution in [0.1, 0.15) is 51.0 Å². The number of carbonyl (C=O) groups is 2. The molecular weight excluding hydrogens is 288 g/mol. The Bertz CT molecular complexity index is 632. The number of benzene rings is 1. The molecule has 23 heavy (non-hydrogen) atoms. The molecule has 4 nitrogen and oxygen atoms in total. The van der Waals surface area contributed by atoms with Crippen LogP contribution in [0.3, 0.4) is 0 Å². The molecule has 3 fully saturated rings. The van der Waals surface area contributed by atoms with Crippen molar-refractivity contribution < 1.29 is 9.59 Å². The number of rotatable bonds is 3. The highest BCUT2D eigenvalue weighted by Gasteiger charge is 2.61. The van der Waals surface area contributed by atoms with Gasteiger partial charge in [-0.05, 0) is 44.1 Å². The van der Waals surface area contributed by atoms with Crippen LogP contribution in [0.2, 0.25) is 0 Å². The lowest BCUT2D eigenvalue weighted by Gasteiger charge is -2.50. The molecule has 1 aromatic carbocycles. The average Bonchev–Trinajstić information content (AvgIpc) is 3.32. The third-order valence-corrected chi connectivity index (χ3v) is 6.04. The van der Waals surface area contributed by atoms with E-state index in [0.29, 0.717) is 12.5 Å². The van der Waals surface area contributed by atoms with Crippen LogP contribution in [0, 0.1) is 5.92 Å². The average molecular weight is 312 g/mol. The second-order valence-electron chi connectivity index (χ2n) is 7.54. The van der Waals surface area contributed by atoms with Crippen LogP contribution in [0.5, 0.6) is 0 Å². The Balaban J connectivity index is 1.72. The Morgan fingerprint density at radius 1 is 1.13 bits per heavy atom. The van der Waals surface area contributed by atoms with Gasteiger partial charge < -0.3 is 10.2 Å². The maximum absolute atomic E-state index is 13.4. The molecule has 0 bridgehead atoms. The molecule has 1 aromatic rings. The van der Waals surface area contributed by atoms with E-state index in [2.05, 4.69) is 5.32 Å². The van der Waals surface area contributed by atoms with Crippen molar-refractivity contribution in [2.24, 2.45) is 5.92 Å². The zero-order valence-corrected chi connectivity index (χ0v) is 13.7. The van der Waals surface area contributed by atoms with Gasteiger partial charge in [0.15, 0.2) is 0 Å². The fourth-order valence-corrected chi connectivity index (χ4v) is 4.36. The van der Waals surface area contributed by atoms with Crippen molar-refractivity contribution in [2.75, 3.05) is 0 Å². The fourth-order valence-electron chi connectivity index (χ4n) is 4.36. The van der Waals surface area contributed by atoms with E-state index in [9.17, 15) is 9.59 Å². The van der Waals surface area contributed by atoms with Gasteiger partial charge in [0.1, 0.15) is 11.1 Å². The lowest BCUT2D eigenvalue weighted by molar-refractivity contribution is -0.164. The van der Waals surface area contributed by atoms with Gasteiger partial charge in [0.05, 0.1) is 0 Å². The summed E-state index contributed by atoms with van der Waals surface area (Å²) < 4.78 is 0. The number of nitrogens with one attached hydrogen (secondary N) is 1. The van der Waals surface area contributed by atoms with Crippen LogP contribution in [0.15, 0.2) is 30.3 Å².